The molecule has 0 amide bonds. The molecule has 1 fully saturated rings. The van der Waals surface area contributed by atoms with Gasteiger partial charge in [-0.25, -0.2) is 13.4 Å². The summed E-state index contributed by atoms with van der Waals surface area (Å²) in [5, 5.41) is 14.9. The maximum absolute atomic E-state index is 13.2. The van der Waals surface area contributed by atoms with Gasteiger partial charge < -0.3 is 11.5 Å². The van der Waals surface area contributed by atoms with E-state index in [9.17, 15) is 8.42 Å². The second-order valence-corrected chi connectivity index (χ2v) is 12.0. The first-order valence-corrected chi connectivity index (χ1v) is 14.0. The molecule has 0 radical (unpaired) electrons. The molecule has 0 saturated heterocycles. The van der Waals surface area contributed by atoms with Gasteiger partial charge >= 0.3 is 0 Å². The molecular weight excluding hydrogens is 470 g/mol. The Morgan fingerprint density at radius 1 is 1.12 bits per heavy atom. The molecular formula is C23H27N7O2S2. The number of nitrogens with zero attached hydrogens (tertiary/aromatic N) is 4. The Balaban J connectivity index is 1.66. The number of hydrogen-bond acceptors (Lipinski definition) is 9. The number of nitrogen functional groups attached to an aromatic ring is 1. The summed E-state index contributed by atoms with van der Waals surface area (Å²) in [7, 11) is -3.61. The van der Waals surface area contributed by atoms with Crippen molar-refractivity contribution >= 4 is 36.5 Å². The molecule has 0 aliphatic heterocycles. The number of sulfone groups is 1. The Bertz CT molecular complexity index is 1420. The van der Waals surface area contributed by atoms with Crippen LogP contribution in [0.5, 0.6) is 0 Å². The van der Waals surface area contributed by atoms with Gasteiger partial charge in [-0.1, -0.05) is 35.6 Å². The van der Waals surface area contributed by atoms with E-state index in [1.165, 1.54) is 17.6 Å². The first-order chi connectivity index (χ1) is 16.3. The molecule has 2 aromatic heterocycles. The van der Waals surface area contributed by atoms with E-state index < -0.39 is 9.84 Å². The van der Waals surface area contributed by atoms with Crippen molar-refractivity contribution < 1.29 is 8.42 Å². The number of H-pyrrole nitrogens is 1. The number of anilines is 1. The lowest BCUT2D eigenvalue weighted by molar-refractivity contribution is 0.310. The highest BCUT2D eigenvalue weighted by molar-refractivity contribution is 7.91. The van der Waals surface area contributed by atoms with E-state index in [4.69, 9.17) is 11.5 Å². The number of fused-ring (bicyclic) bond motifs is 1. The molecule has 0 unspecified atom stereocenters. The highest BCUT2D eigenvalue weighted by atomic mass is 32.2. The maximum atomic E-state index is 13.2. The molecule has 2 aromatic carbocycles. The second kappa shape index (κ2) is 9.05. The van der Waals surface area contributed by atoms with Gasteiger partial charge in [0.1, 0.15) is 0 Å². The van der Waals surface area contributed by atoms with Crippen LogP contribution in [0.2, 0.25) is 0 Å². The monoisotopic (exact) mass is 497 g/mol. The summed E-state index contributed by atoms with van der Waals surface area (Å²) in [4.78, 5) is 4.75. The number of nitrogens with one attached hydrogen (secondary N) is 1. The van der Waals surface area contributed by atoms with Crippen molar-refractivity contribution in [1.29, 1.82) is 0 Å². The third-order valence-corrected chi connectivity index (χ3v) is 8.68. The standard InChI is InChI=1S/C23H27N7O2S2/c1-34(31,32)21-14(8-5-13-6-10-15(24)11-7-13)9-12-16(19(21)22-27-29-30-28-22)17-3-2-4-18-20(17)26-23(25)33-18/h2-4,9,12-13,15H,5-8,10-11,24H2,1H3,(H2,25,26)(H,27,28,29,30). The van der Waals surface area contributed by atoms with Gasteiger partial charge in [0.2, 0.25) is 5.82 Å². The number of aromatic amines is 1. The molecule has 9 nitrogen and oxygen atoms in total. The zero-order valence-corrected chi connectivity index (χ0v) is 20.5. The first-order valence-electron chi connectivity index (χ1n) is 11.3. The van der Waals surface area contributed by atoms with Crippen LogP contribution in [0.4, 0.5) is 5.13 Å². The minimum absolute atomic E-state index is 0.237. The highest BCUT2D eigenvalue weighted by Crippen LogP contribution is 2.41. The van der Waals surface area contributed by atoms with Crippen LogP contribution in [-0.4, -0.2) is 46.3 Å². The van der Waals surface area contributed by atoms with Crippen molar-refractivity contribution in [3.63, 3.8) is 0 Å². The average Bonchev–Trinajstić information content (AvgIpc) is 3.46. The Labute approximate surface area is 201 Å². The zero-order chi connectivity index (χ0) is 23.9. The number of aromatic nitrogens is 5. The Hall–Kier alpha value is -2.89. The molecule has 0 atom stereocenters. The van der Waals surface area contributed by atoms with Gasteiger partial charge in [0, 0.05) is 23.4 Å². The molecule has 1 saturated carbocycles. The molecule has 0 spiro atoms. The van der Waals surface area contributed by atoms with Crippen LogP contribution in [0.25, 0.3) is 32.7 Å². The smallest absolute Gasteiger partial charge is 0.206 e. The van der Waals surface area contributed by atoms with E-state index in [0.29, 0.717) is 28.6 Å². The number of benzene rings is 2. The molecule has 2 heterocycles. The molecule has 34 heavy (non-hydrogen) atoms. The average molecular weight is 498 g/mol. The van der Waals surface area contributed by atoms with Crippen LogP contribution >= 0.6 is 11.3 Å². The maximum Gasteiger partial charge on any atom is 0.206 e. The van der Waals surface area contributed by atoms with E-state index >= 15 is 0 Å². The Morgan fingerprint density at radius 3 is 2.62 bits per heavy atom. The summed E-state index contributed by atoms with van der Waals surface area (Å²) in [6, 6.07) is 9.92. The fraction of sp³-hybridized carbons (Fsp3) is 0.391. The summed E-state index contributed by atoms with van der Waals surface area (Å²) in [6.45, 7) is 0. The van der Waals surface area contributed by atoms with E-state index in [1.807, 2.05) is 30.3 Å². The number of tetrazole rings is 1. The molecule has 1 aliphatic rings. The Morgan fingerprint density at radius 2 is 1.91 bits per heavy atom. The number of hydrogen-bond donors (Lipinski definition) is 3. The molecule has 4 aromatic rings. The topological polar surface area (TPSA) is 154 Å². The molecule has 11 heteroatoms. The summed E-state index contributed by atoms with van der Waals surface area (Å²) < 4.78 is 27.3. The van der Waals surface area contributed by atoms with Crippen LogP contribution in [0.3, 0.4) is 0 Å². The summed E-state index contributed by atoms with van der Waals surface area (Å²) in [5.74, 6) is 0.786. The predicted octanol–water partition coefficient (Wildman–Crippen LogP) is 3.58. The fourth-order valence-corrected chi connectivity index (χ4v) is 6.96. The second-order valence-electron chi connectivity index (χ2n) is 9.01. The van der Waals surface area contributed by atoms with Crippen LogP contribution < -0.4 is 11.5 Å². The minimum Gasteiger partial charge on any atom is -0.375 e. The number of rotatable bonds is 6. The summed E-state index contributed by atoms with van der Waals surface area (Å²) >= 11 is 1.39. The van der Waals surface area contributed by atoms with Crippen LogP contribution in [0, 0.1) is 5.92 Å². The zero-order valence-electron chi connectivity index (χ0n) is 18.9. The number of aryl methyl sites for hydroxylation is 1. The third-order valence-electron chi connectivity index (χ3n) is 6.62. The Kier molecular flexibility index (Phi) is 6.09. The van der Waals surface area contributed by atoms with Crippen molar-refractivity contribution in [2.24, 2.45) is 11.7 Å². The van der Waals surface area contributed by atoms with Crippen molar-refractivity contribution in [3.8, 4) is 22.5 Å². The van der Waals surface area contributed by atoms with Gasteiger partial charge in [0.05, 0.1) is 15.1 Å². The lowest BCUT2D eigenvalue weighted by atomic mass is 9.83. The van der Waals surface area contributed by atoms with Crippen molar-refractivity contribution in [1.82, 2.24) is 25.6 Å². The van der Waals surface area contributed by atoms with Gasteiger partial charge in [-0.2, -0.15) is 5.21 Å². The molecule has 178 valence electrons. The number of thiazole rings is 1. The van der Waals surface area contributed by atoms with E-state index in [1.54, 1.807) is 0 Å². The van der Waals surface area contributed by atoms with Gasteiger partial charge in [-0.15, -0.1) is 10.2 Å². The van der Waals surface area contributed by atoms with Gasteiger partial charge in [0.15, 0.2) is 15.0 Å². The van der Waals surface area contributed by atoms with Crippen LogP contribution in [-0.2, 0) is 16.3 Å². The number of para-hydroxylation sites is 1. The molecule has 5 rings (SSSR count). The summed E-state index contributed by atoms with van der Waals surface area (Å²) in [5.41, 5.74) is 15.4. The van der Waals surface area contributed by atoms with Crippen molar-refractivity contribution in [2.75, 3.05) is 12.0 Å². The normalized spacial score (nSPS) is 19.0. The third kappa shape index (κ3) is 4.42. The van der Waals surface area contributed by atoms with E-state index in [0.717, 1.165) is 53.4 Å². The number of nitrogens with two attached hydrogens (primary N) is 2. The van der Waals surface area contributed by atoms with Crippen molar-refractivity contribution in [3.05, 3.63) is 35.9 Å². The lowest BCUT2D eigenvalue weighted by Gasteiger charge is -2.26. The van der Waals surface area contributed by atoms with Gasteiger partial charge in [-0.05, 0) is 66.8 Å². The molecule has 1 aliphatic carbocycles. The lowest BCUT2D eigenvalue weighted by Crippen LogP contribution is -2.26. The SMILES string of the molecule is CS(=O)(=O)c1c(CCC2CCC(N)CC2)ccc(-c2cccc3sc(N)nc23)c1-c1nn[nH]n1. The fourth-order valence-electron chi connectivity index (χ4n) is 4.98. The summed E-state index contributed by atoms with van der Waals surface area (Å²) in [6.07, 6.45) is 7.02. The minimum atomic E-state index is -3.61. The highest BCUT2D eigenvalue weighted by Gasteiger charge is 2.27. The van der Waals surface area contributed by atoms with Crippen molar-refractivity contribution in [2.45, 2.75) is 49.5 Å². The quantitative estimate of drug-likeness (QED) is 0.365. The van der Waals surface area contributed by atoms with Gasteiger partial charge in [0.25, 0.3) is 0 Å². The van der Waals surface area contributed by atoms with E-state index in [2.05, 4.69) is 25.6 Å². The van der Waals surface area contributed by atoms with Gasteiger partial charge in [-0.3, -0.25) is 0 Å². The van der Waals surface area contributed by atoms with Crippen LogP contribution in [0.1, 0.15) is 37.7 Å². The van der Waals surface area contributed by atoms with E-state index in [-0.39, 0.29) is 16.8 Å². The largest absolute Gasteiger partial charge is 0.375 e. The predicted molar refractivity (Wildman–Crippen MR) is 134 cm³/mol. The first kappa shape index (κ1) is 22.9. The molecule has 5 N–H and O–H groups in total. The molecule has 0 bridgehead atoms. The van der Waals surface area contributed by atoms with Crippen LogP contribution in [0.15, 0.2) is 35.2 Å².